The Labute approximate surface area is 207 Å². The maximum Gasteiger partial charge on any atom is 0.0652 e. The van der Waals surface area contributed by atoms with Crippen LogP contribution in [0.3, 0.4) is 0 Å². The van der Waals surface area contributed by atoms with Gasteiger partial charge in [0.25, 0.3) is 0 Å². The van der Waals surface area contributed by atoms with Crippen LogP contribution < -0.4 is 5.32 Å². The van der Waals surface area contributed by atoms with Crippen molar-refractivity contribution < 1.29 is 15.1 Å². The lowest BCUT2D eigenvalue weighted by molar-refractivity contribution is 1.56. The third kappa shape index (κ3) is 3.45. The van der Waals surface area contributed by atoms with Gasteiger partial charge < -0.3 is 5.32 Å². The Bertz CT molecular complexity index is 2080. The molecule has 0 bridgehead atoms. The van der Waals surface area contributed by atoms with Crippen molar-refractivity contribution in [3.63, 3.8) is 0 Å². The number of fused-ring (bicyclic) bond motifs is 3. The third-order valence-electron chi connectivity index (χ3n) is 5.08. The SMILES string of the molecule is [2H]c1c([2H])c([2H])c(-c2c([2H])c([2H])c([2H])c3sc4c([2H])c([2H])c(Nc5ccc(-c6ccccc6)cc5)c([2H])c4c23)c([2H])c1[2H]. The van der Waals surface area contributed by atoms with Gasteiger partial charge in [-0.05, 0) is 58.6 Å². The van der Waals surface area contributed by atoms with Crippen LogP contribution in [0.5, 0.6) is 0 Å². The van der Waals surface area contributed by atoms with Crippen molar-refractivity contribution in [1.82, 2.24) is 0 Å². The van der Waals surface area contributed by atoms with Crippen molar-refractivity contribution in [1.29, 1.82) is 0 Å². The Morgan fingerprint density at radius 2 is 1.38 bits per heavy atom. The van der Waals surface area contributed by atoms with E-state index in [2.05, 4.69) is 5.32 Å². The van der Waals surface area contributed by atoms with E-state index in [9.17, 15) is 0 Å². The topological polar surface area (TPSA) is 12.0 Å². The first-order valence-electron chi connectivity index (χ1n) is 15.4. The molecule has 32 heavy (non-hydrogen) atoms. The fourth-order valence-corrected chi connectivity index (χ4v) is 4.57. The van der Waals surface area contributed by atoms with E-state index in [0.717, 1.165) is 22.5 Å². The summed E-state index contributed by atoms with van der Waals surface area (Å²) in [6, 6.07) is 12.0. The second kappa shape index (κ2) is 7.99. The van der Waals surface area contributed by atoms with Gasteiger partial charge in [0.1, 0.15) is 0 Å². The Balaban J connectivity index is 1.64. The molecule has 0 spiro atoms. The number of hydrogen-bond donors (Lipinski definition) is 1. The Morgan fingerprint density at radius 1 is 0.594 bits per heavy atom. The molecule has 6 aromatic rings. The molecule has 0 unspecified atom stereocenters. The first-order valence-corrected chi connectivity index (χ1v) is 10.7. The highest BCUT2D eigenvalue weighted by molar-refractivity contribution is 7.26. The summed E-state index contributed by atoms with van der Waals surface area (Å²) in [4.78, 5) is 0. The lowest BCUT2D eigenvalue weighted by Crippen LogP contribution is -1.90. The van der Waals surface area contributed by atoms with Crippen molar-refractivity contribution >= 4 is 42.9 Å². The van der Waals surface area contributed by atoms with Gasteiger partial charge in [-0.25, -0.2) is 0 Å². The van der Waals surface area contributed by atoms with Gasteiger partial charge in [0.2, 0.25) is 0 Å². The molecule has 5 aromatic carbocycles. The zero-order valence-corrected chi connectivity index (χ0v) is 17.4. The average Bonchev–Trinajstić information content (AvgIpc) is 3.42. The predicted molar refractivity (Wildman–Crippen MR) is 140 cm³/mol. The molecule has 1 nitrogen and oxygen atoms in total. The molecule has 0 aliphatic heterocycles. The first kappa shape index (κ1) is 10.6. The molecular weight excluding hydrogens is 406 g/mol. The molecule has 2 heteroatoms. The van der Waals surface area contributed by atoms with Crippen molar-refractivity contribution in [3.05, 3.63) is 121 Å². The Morgan fingerprint density at radius 3 is 2.19 bits per heavy atom. The minimum absolute atomic E-state index is 0.00434. The number of anilines is 2. The van der Waals surface area contributed by atoms with Crippen molar-refractivity contribution in [2.45, 2.75) is 0 Å². The summed E-state index contributed by atoms with van der Waals surface area (Å²) < 4.78 is 94.1. The van der Waals surface area contributed by atoms with Gasteiger partial charge in [0.05, 0.1) is 15.1 Å². The van der Waals surface area contributed by atoms with Crippen molar-refractivity contribution in [3.8, 4) is 22.3 Å². The molecule has 0 saturated carbocycles. The van der Waals surface area contributed by atoms with Gasteiger partial charge in [0.15, 0.2) is 0 Å². The van der Waals surface area contributed by atoms with E-state index in [0.29, 0.717) is 5.69 Å². The number of hydrogen-bond acceptors (Lipinski definition) is 2. The van der Waals surface area contributed by atoms with Gasteiger partial charge in [-0.1, -0.05) is 84.8 Å². The number of benzene rings is 5. The summed E-state index contributed by atoms with van der Waals surface area (Å²) in [7, 11) is 0. The minimum Gasteiger partial charge on any atom is -0.356 e. The van der Waals surface area contributed by atoms with Gasteiger partial charge in [-0.2, -0.15) is 0 Å². The molecule has 0 fully saturated rings. The van der Waals surface area contributed by atoms with Crippen LogP contribution in [0, 0.1) is 0 Å². The van der Waals surface area contributed by atoms with Crippen LogP contribution in [-0.4, -0.2) is 0 Å². The first-order chi connectivity index (χ1) is 20.4. The smallest absolute Gasteiger partial charge is 0.0652 e. The lowest BCUT2D eigenvalue weighted by Gasteiger charge is -2.09. The minimum atomic E-state index is -0.619. The highest BCUT2D eigenvalue weighted by atomic mass is 32.1. The largest absolute Gasteiger partial charge is 0.356 e. The lowest BCUT2D eigenvalue weighted by atomic mass is 9.99. The molecule has 1 aromatic heterocycles. The van der Waals surface area contributed by atoms with Crippen LogP contribution in [-0.2, 0) is 0 Å². The van der Waals surface area contributed by atoms with Crippen molar-refractivity contribution in [2.75, 3.05) is 5.32 Å². The molecule has 0 radical (unpaired) electrons. The van der Waals surface area contributed by atoms with Gasteiger partial charge in [-0.3, -0.25) is 0 Å². The van der Waals surface area contributed by atoms with Crippen LogP contribution >= 0.6 is 11.3 Å². The van der Waals surface area contributed by atoms with E-state index in [1.807, 2.05) is 42.5 Å². The third-order valence-corrected chi connectivity index (χ3v) is 6.10. The van der Waals surface area contributed by atoms with E-state index in [4.69, 9.17) is 15.1 Å². The zero-order valence-electron chi connectivity index (χ0n) is 27.6. The van der Waals surface area contributed by atoms with Crippen LogP contribution in [0.2, 0.25) is 0 Å². The van der Waals surface area contributed by atoms with Crippen LogP contribution in [0.4, 0.5) is 11.4 Å². The van der Waals surface area contributed by atoms with E-state index in [1.54, 1.807) is 12.1 Å². The maximum absolute atomic E-state index is 9.16. The molecular formula is C30H21NS. The molecule has 0 aliphatic carbocycles. The molecule has 0 atom stereocenters. The Kier molecular flexibility index (Phi) is 2.65. The van der Waals surface area contributed by atoms with E-state index in [1.165, 1.54) is 0 Å². The summed E-state index contributed by atoms with van der Waals surface area (Å²) in [5, 5.41) is 3.25. The summed E-state index contributed by atoms with van der Waals surface area (Å²) in [5.74, 6) is 0. The zero-order chi connectivity index (χ0) is 30.9. The summed E-state index contributed by atoms with van der Waals surface area (Å²) in [5.41, 5.74) is 2.04. The van der Waals surface area contributed by atoms with E-state index < -0.39 is 42.3 Å². The summed E-state index contributed by atoms with van der Waals surface area (Å²) in [6.07, 6.45) is 0. The monoisotopic (exact) mass is 438 g/mol. The second-order valence-electron chi connectivity index (χ2n) is 7.08. The normalized spacial score (nSPS) is 15.9. The van der Waals surface area contributed by atoms with Gasteiger partial charge in [-0.15, -0.1) is 11.3 Å². The van der Waals surface area contributed by atoms with E-state index >= 15 is 0 Å². The fraction of sp³-hybridized carbons (Fsp3) is 0. The average molecular weight is 439 g/mol. The highest BCUT2D eigenvalue weighted by Crippen LogP contribution is 2.41. The Hall–Kier alpha value is -3.88. The number of rotatable bonds is 4. The van der Waals surface area contributed by atoms with Gasteiger partial charge >= 0.3 is 0 Å². The van der Waals surface area contributed by atoms with Crippen LogP contribution in [0.25, 0.3) is 42.4 Å². The molecule has 0 amide bonds. The quantitative estimate of drug-likeness (QED) is 0.289. The number of thiophene rings is 1. The molecule has 152 valence electrons. The maximum atomic E-state index is 9.16. The highest BCUT2D eigenvalue weighted by Gasteiger charge is 2.11. The molecule has 0 saturated heterocycles. The molecule has 6 rings (SSSR count). The summed E-state index contributed by atoms with van der Waals surface area (Å²) >= 11 is 0.913. The fourth-order valence-electron chi connectivity index (χ4n) is 3.60. The van der Waals surface area contributed by atoms with Crippen molar-refractivity contribution in [2.24, 2.45) is 0 Å². The van der Waals surface area contributed by atoms with E-state index in [-0.39, 0.29) is 61.2 Å². The predicted octanol–water partition coefficient (Wildman–Crippen LogP) is 9.13. The second-order valence-corrected chi connectivity index (χ2v) is 8.10. The molecule has 1 heterocycles. The molecule has 1 N–H and O–H groups in total. The summed E-state index contributed by atoms with van der Waals surface area (Å²) in [6.45, 7) is 0. The molecule has 0 aliphatic rings. The number of nitrogens with one attached hydrogen (secondary N) is 1. The van der Waals surface area contributed by atoms with Gasteiger partial charge in [0, 0.05) is 31.5 Å². The van der Waals surface area contributed by atoms with Crippen LogP contribution in [0.15, 0.2) is 121 Å². The standard InChI is InChI=1S/C30H21NS/c1-3-8-21(9-4-1)22-14-16-24(17-15-22)31-25-18-19-28-27(20-25)30-26(12-7-13-29(30)32-28)23-10-5-2-6-11-23/h1-20,31H/i2D,5D,6D,7D,10D,11D,12D,13D,18D,19D,20D. The van der Waals surface area contributed by atoms with Crippen LogP contribution in [0.1, 0.15) is 15.1 Å².